The Hall–Kier alpha value is -2.07. The van der Waals surface area contributed by atoms with E-state index in [4.69, 9.17) is 4.42 Å². The molecule has 0 unspecified atom stereocenters. The third-order valence-corrected chi connectivity index (χ3v) is 4.89. The van der Waals surface area contributed by atoms with E-state index in [9.17, 15) is 4.79 Å². The SMILES string of the molecule is C[C@@H]1CCCC[C@H]1NC(=O)CN[C@@H](c1ccccc1)c1ccco1. The molecule has 0 bridgehead atoms. The van der Waals surface area contributed by atoms with Gasteiger partial charge >= 0.3 is 0 Å². The fourth-order valence-electron chi connectivity index (χ4n) is 3.47. The molecule has 4 nitrogen and oxygen atoms in total. The van der Waals surface area contributed by atoms with E-state index in [0.29, 0.717) is 12.0 Å². The number of benzene rings is 1. The smallest absolute Gasteiger partial charge is 0.234 e. The van der Waals surface area contributed by atoms with Gasteiger partial charge in [-0.3, -0.25) is 10.1 Å². The summed E-state index contributed by atoms with van der Waals surface area (Å²) >= 11 is 0. The molecule has 2 aromatic rings. The zero-order valence-electron chi connectivity index (χ0n) is 14.2. The number of nitrogens with one attached hydrogen (secondary N) is 2. The van der Waals surface area contributed by atoms with Crippen LogP contribution in [0, 0.1) is 5.92 Å². The zero-order valence-corrected chi connectivity index (χ0v) is 14.2. The molecule has 128 valence electrons. The highest BCUT2D eigenvalue weighted by Crippen LogP contribution is 2.24. The molecule has 0 saturated heterocycles. The van der Waals surface area contributed by atoms with Gasteiger partial charge in [-0.2, -0.15) is 0 Å². The Bertz CT molecular complexity index is 624. The normalized spacial score (nSPS) is 22.0. The third kappa shape index (κ3) is 4.26. The monoisotopic (exact) mass is 326 g/mol. The van der Waals surface area contributed by atoms with E-state index in [2.05, 4.69) is 17.6 Å². The Morgan fingerprint density at radius 2 is 1.96 bits per heavy atom. The molecular weight excluding hydrogens is 300 g/mol. The average Bonchev–Trinajstić information content (AvgIpc) is 3.12. The van der Waals surface area contributed by atoms with Gasteiger partial charge in [-0.15, -0.1) is 0 Å². The molecule has 1 saturated carbocycles. The summed E-state index contributed by atoms with van der Waals surface area (Å²) in [6.07, 6.45) is 6.45. The molecule has 3 atom stereocenters. The van der Waals surface area contributed by atoms with Crippen molar-refractivity contribution in [1.82, 2.24) is 10.6 Å². The van der Waals surface area contributed by atoms with Gasteiger partial charge in [0.1, 0.15) is 5.76 Å². The van der Waals surface area contributed by atoms with Crippen molar-refractivity contribution in [1.29, 1.82) is 0 Å². The van der Waals surface area contributed by atoms with Crippen molar-refractivity contribution in [2.24, 2.45) is 5.92 Å². The summed E-state index contributed by atoms with van der Waals surface area (Å²) < 4.78 is 5.56. The first kappa shape index (κ1) is 16.8. The Balaban J connectivity index is 1.60. The first-order chi connectivity index (χ1) is 11.7. The minimum absolute atomic E-state index is 0.0567. The standard InChI is InChI=1S/C20H26N2O2/c1-15-8-5-6-11-17(15)22-19(23)14-21-20(18-12-7-13-24-18)16-9-3-2-4-10-16/h2-4,7,9-10,12-13,15,17,20-21H,5-6,8,11,14H2,1H3,(H,22,23)/t15-,17-,20+/m1/s1. The number of furan rings is 1. The second-order valence-corrected chi connectivity index (χ2v) is 6.68. The second-order valence-electron chi connectivity index (χ2n) is 6.68. The highest BCUT2D eigenvalue weighted by Gasteiger charge is 2.23. The van der Waals surface area contributed by atoms with Crippen molar-refractivity contribution in [3.8, 4) is 0 Å². The molecule has 1 heterocycles. The van der Waals surface area contributed by atoms with Crippen molar-refractivity contribution in [3.05, 3.63) is 60.1 Å². The molecule has 1 aromatic carbocycles. The predicted octanol–water partition coefficient (Wildman–Crippen LogP) is 3.65. The molecule has 4 heteroatoms. The van der Waals surface area contributed by atoms with Crippen LogP contribution in [0.3, 0.4) is 0 Å². The molecule has 2 N–H and O–H groups in total. The summed E-state index contributed by atoms with van der Waals surface area (Å²) in [7, 11) is 0. The maximum Gasteiger partial charge on any atom is 0.234 e. The van der Waals surface area contributed by atoms with E-state index in [-0.39, 0.29) is 18.5 Å². The summed E-state index contributed by atoms with van der Waals surface area (Å²) in [6.45, 7) is 2.51. The van der Waals surface area contributed by atoms with Crippen LogP contribution in [-0.2, 0) is 4.79 Å². The van der Waals surface area contributed by atoms with Gasteiger partial charge in [-0.05, 0) is 36.5 Å². The summed E-state index contributed by atoms with van der Waals surface area (Å²) in [5, 5.41) is 6.53. The van der Waals surface area contributed by atoms with E-state index >= 15 is 0 Å². The van der Waals surface area contributed by atoms with Gasteiger partial charge in [0, 0.05) is 6.04 Å². The largest absolute Gasteiger partial charge is 0.467 e. The molecule has 1 aromatic heterocycles. The molecule has 3 rings (SSSR count). The van der Waals surface area contributed by atoms with Crippen molar-refractivity contribution >= 4 is 5.91 Å². The lowest BCUT2D eigenvalue weighted by Gasteiger charge is -2.29. The first-order valence-corrected chi connectivity index (χ1v) is 8.85. The molecular formula is C20H26N2O2. The molecule has 0 aliphatic heterocycles. The number of hydrogen-bond acceptors (Lipinski definition) is 3. The van der Waals surface area contributed by atoms with Gasteiger partial charge in [-0.1, -0.05) is 50.1 Å². The van der Waals surface area contributed by atoms with Crippen LogP contribution < -0.4 is 10.6 Å². The highest BCUT2D eigenvalue weighted by molar-refractivity contribution is 5.78. The van der Waals surface area contributed by atoms with Crippen LogP contribution in [0.2, 0.25) is 0 Å². The first-order valence-electron chi connectivity index (χ1n) is 8.85. The minimum Gasteiger partial charge on any atom is -0.467 e. The highest BCUT2D eigenvalue weighted by atomic mass is 16.3. The minimum atomic E-state index is -0.115. The Labute approximate surface area is 143 Å². The molecule has 0 spiro atoms. The topological polar surface area (TPSA) is 54.3 Å². The van der Waals surface area contributed by atoms with Crippen molar-refractivity contribution in [2.75, 3.05) is 6.54 Å². The van der Waals surface area contributed by atoms with Gasteiger partial charge in [0.2, 0.25) is 5.91 Å². The Morgan fingerprint density at radius 1 is 1.17 bits per heavy atom. The molecule has 0 radical (unpaired) electrons. The Morgan fingerprint density at radius 3 is 2.67 bits per heavy atom. The molecule has 24 heavy (non-hydrogen) atoms. The number of carbonyl (C=O) groups excluding carboxylic acids is 1. The van der Waals surface area contributed by atoms with Crippen molar-refractivity contribution < 1.29 is 9.21 Å². The lowest BCUT2D eigenvalue weighted by Crippen LogP contribution is -2.45. The number of amides is 1. The lowest BCUT2D eigenvalue weighted by atomic mass is 9.86. The second kappa shape index (κ2) is 8.15. The van der Waals surface area contributed by atoms with Crippen molar-refractivity contribution in [3.63, 3.8) is 0 Å². The summed E-state index contributed by atoms with van der Waals surface area (Å²) in [5.74, 6) is 1.44. The predicted molar refractivity (Wildman–Crippen MR) is 94.6 cm³/mol. The van der Waals surface area contributed by atoms with Gasteiger partial charge in [-0.25, -0.2) is 0 Å². The van der Waals surface area contributed by atoms with Gasteiger partial charge in [0.15, 0.2) is 0 Å². The molecule has 1 aliphatic rings. The van der Waals surface area contributed by atoms with Crippen LogP contribution in [0.25, 0.3) is 0 Å². The summed E-state index contributed by atoms with van der Waals surface area (Å²) in [4.78, 5) is 12.4. The average molecular weight is 326 g/mol. The quantitative estimate of drug-likeness (QED) is 0.852. The van der Waals surface area contributed by atoms with Crippen molar-refractivity contribution in [2.45, 2.75) is 44.7 Å². The maximum absolute atomic E-state index is 12.4. The molecule has 1 fully saturated rings. The fourth-order valence-corrected chi connectivity index (χ4v) is 3.47. The maximum atomic E-state index is 12.4. The fraction of sp³-hybridized carbons (Fsp3) is 0.450. The van der Waals surface area contributed by atoms with Gasteiger partial charge < -0.3 is 9.73 Å². The van der Waals surface area contributed by atoms with Crippen LogP contribution in [-0.4, -0.2) is 18.5 Å². The third-order valence-electron chi connectivity index (χ3n) is 4.89. The number of rotatable bonds is 6. The summed E-state index contributed by atoms with van der Waals surface area (Å²) in [5.41, 5.74) is 1.09. The van der Waals surface area contributed by atoms with Gasteiger partial charge in [0.25, 0.3) is 0 Å². The molecule has 1 aliphatic carbocycles. The van der Waals surface area contributed by atoms with E-state index in [1.54, 1.807) is 6.26 Å². The van der Waals surface area contributed by atoms with Gasteiger partial charge in [0.05, 0.1) is 18.8 Å². The Kier molecular flexibility index (Phi) is 5.70. The number of hydrogen-bond donors (Lipinski definition) is 2. The van der Waals surface area contributed by atoms with Crippen LogP contribution in [0.15, 0.2) is 53.1 Å². The number of carbonyl (C=O) groups is 1. The zero-order chi connectivity index (χ0) is 16.8. The van der Waals surface area contributed by atoms with Crippen LogP contribution in [0.5, 0.6) is 0 Å². The van der Waals surface area contributed by atoms with E-state index < -0.39 is 0 Å². The van der Waals surface area contributed by atoms with E-state index in [1.165, 1.54) is 19.3 Å². The lowest BCUT2D eigenvalue weighted by molar-refractivity contribution is -0.121. The molecule has 1 amide bonds. The summed E-state index contributed by atoms with van der Waals surface area (Å²) in [6, 6.07) is 14.1. The van der Waals surface area contributed by atoms with Crippen LogP contribution in [0.1, 0.15) is 50.0 Å². The van der Waals surface area contributed by atoms with E-state index in [1.807, 2.05) is 42.5 Å². The van der Waals surface area contributed by atoms with Crippen LogP contribution in [0.4, 0.5) is 0 Å². The van der Waals surface area contributed by atoms with E-state index in [0.717, 1.165) is 17.7 Å². The van der Waals surface area contributed by atoms with Crippen LogP contribution >= 0.6 is 0 Å².